The Balaban J connectivity index is 1.60. The average Bonchev–Trinajstić information content (AvgIpc) is 2.76. The Kier molecular flexibility index (Phi) is 4.64. The van der Waals surface area contributed by atoms with E-state index in [1.165, 1.54) is 0 Å². The standard InChI is InChI=1S/C13H18O4/c1-2-3-8-14-9-10-15-13-16-11-6-4-5-7-12(11)17-13/h4-7,13H,2-3,8-10H2,1H3. The monoisotopic (exact) mass is 238 g/mol. The van der Waals surface area contributed by atoms with Crippen molar-refractivity contribution in [2.24, 2.45) is 0 Å². The summed E-state index contributed by atoms with van der Waals surface area (Å²) < 4.78 is 21.6. The van der Waals surface area contributed by atoms with Crippen LogP contribution in [0.3, 0.4) is 0 Å². The summed E-state index contributed by atoms with van der Waals surface area (Å²) in [5.74, 6) is 1.45. The molecule has 0 saturated carbocycles. The van der Waals surface area contributed by atoms with E-state index in [1.54, 1.807) is 0 Å². The van der Waals surface area contributed by atoms with Crippen LogP contribution in [0.2, 0.25) is 0 Å². The number of ether oxygens (including phenoxy) is 4. The second-order valence-electron chi connectivity index (χ2n) is 3.81. The van der Waals surface area contributed by atoms with Gasteiger partial charge in [-0.05, 0) is 18.6 Å². The highest BCUT2D eigenvalue weighted by Crippen LogP contribution is 2.33. The molecule has 94 valence electrons. The van der Waals surface area contributed by atoms with E-state index in [-0.39, 0.29) is 0 Å². The Bertz CT molecular complexity index is 315. The lowest BCUT2D eigenvalue weighted by Crippen LogP contribution is -2.24. The fourth-order valence-corrected chi connectivity index (χ4v) is 1.50. The third-order valence-electron chi connectivity index (χ3n) is 2.42. The van der Waals surface area contributed by atoms with Crippen molar-refractivity contribution in [1.29, 1.82) is 0 Å². The highest BCUT2D eigenvalue weighted by atomic mass is 16.9. The molecule has 0 spiro atoms. The van der Waals surface area contributed by atoms with Gasteiger partial charge in [-0.25, -0.2) is 0 Å². The van der Waals surface area contributed by atoms with Gasteiger partial charge < -0.3 is 18.9 Å². The fourth-order valence-electron chi connectivity index (χ4n) is 1.50. The molecule has 4 nitrogen and oxygen atoms in total. The van der Waals surface area contributed by atoms with Crippen molar-refractivity contribution >= 4 is 0 Å². The lowest BCUT2D eigenvalue weighted by atomic mass is 10.3. The molecule has 1 heterocycles. The van der Waals surface area contributed by atoms with Gasteiger partial charge in [0.15, 0.2) is 11.5 Å². The topological polar surface area (TPSA) is 36.9 Å². The number of hydrogen-bond acceptors (Lipinski definition) is 4. The lowest BCUT2D eigenvalue weighted by molar-refractivity contribution is -0.183. The summed E-state index contributed by atoms with van der Waals surface area (Å²) in [6, 6.07) is 7.52. The van der Waals surface area contributed by atoms with E-state index in [0.29, 0.717) is 13.2 Å². The predicted molar refractivity (Wildman–Crippen MR) is 63.2 cm³/mol. The number of rotatable bonds is 7. The van der Waals surface area contributed by atoms with Crippen molar-refractivity contribution in [3.63, 3.8) is 0 Å². The molecule has 0 aromatic heterocycles. The Hall–Kier alpha value is -1.26. The van der Waals surface area contributed by atoms with E-state index in [4.69, 9.17) is 18.9 Å². The van der Waals surface area contributed by atoms with Crippen molar-refractivity contribution in [2.45, 2.75) is 26.2 Å². The Labute approximate surface area is 101 Å². The first-order valence-electron chi connectivity index (χ1n) is 6.02. The second kappa shape index (κ2) is 6.47. The van der Waals surface area contributed by atoms with Crippen LogP contribution in [0.5, 0.6) is 11.5 Å². The van der Waals surface area contributed by atoms with Crippen LogP contribution in [0, 0.1) is 0 Å². The molecule has 0 radical (unpaired) electrons. The quantitative estimate of drug-likeness (QED) is 0.684. The highest BCUT2D eigenvalue weighted by molar-refractivity contribution is 5.41. The maximum atomic E-state index is 5.43. The van der Waals surface area contributed by atoms with Crippen LogP contribution in [0.4, 0.5) is 0 Å². The summed E-state index contributed by atoms with van der Waals surface area (Å²) in [5.41, 5.74) is 0. The molecule has 0 N–H and O–H groups in total. The SMILES string of the molecule is CCCCOCCOC1Oc2ccccc2O1. The number of benzene rings is 1. The van der Waals surface area contributed by atoms with E-state index >= 15 is 0 Å². The smallest absolute Gasteiger partial charge is 0.361 e. The largest absolute Gasteiger partial charge is 0.428 e. The third kappa shape index (κ3) is 3.61. The van der Waals surface area contributed by atoms with Crippen molar-refractivity contribution in [1.82, 2.24) is 0 Å². The molecule has 0 amide bonds. The highest BCUT2D eigenvalue weighted by Gasteiger charge is 2.23. The van der Waals surface area contributed by atoms with Crippen LogP contribution in [0.25, 0.3) is 0 Å². The van der Waals surface area contributed by atoms with Gasteiger partial charge in [0, 0.05) is 6.61 Å². The summed E-state index contributed by atoms with van der Waals surface area (Å²) in [7, 11) is 0. The van der Waals surface area contributed by atoms with Gasteiger partial charge in [0.25, 0.3) is 0 Å². The summed E-state index contributed by atoms with van der Waals surface area (Å²) >= 11 is 0. The molecule has 1 aromatic rings. The molecule has 1 aromatic carbocycles. The zero-order chi connectivity index (χ0) is 11.9. The minimum absolute atomic E-state index is 0.475. The van der Waals surface area contributed by atoms with Crippen LogP contribution in [-0.2, 0) is 9.47 Å². The Morgan fingerprint density at radius 1 is 1.06 bits per heavy atom. The van der Waals surface area contributed by atoms with Crippen LogP contribution in [0.1, 0.15) is 19.8 Å². The molecule has 0 atom stereocenters. The molecule has 0 aliphatic carbocycles. The van der Waals surface area contributed by atoms with Gasteiger partial charge in [0.2, 0.25) is 0 Å². The van der Waals surface area contributed by atoms with Gasteiger partial charge >= 0.3 is 6.48 Å². The minimum Gasteiger partial charge on any atom is -0.428 e. The first-order valence-corrected chi connectivity index (χ1v) is 6.02. The third-order valence-corrected chi connectivity index (χ3v) is 2.42. The molecule has 0 fully saturated rings. The van der Waals surface area contributed by atoms with Gasteiger partial charge in [-0.15, -0.1) is 0 Å². The van der Waals surface area contributed by atoms with Crippen LogP contribution in [0.15, 0.2) is 24.3 Å². The number of hydrogen-bond donors (Lipinski definition) is 0. The maximum Gasteiger partial charge on any atom is 0.361 e. The number of fused-ring (bicyclic) bond motifs is 1. The van der Waals surface area contributed by atoms with Crippen molar-refractivity contribution in [3.8, 4) is 11.5 Å². The lowest BCUT2D eigenvalue weighted by Gasteiger charge is -2.10. The summed E-state index contributed by atoms with van der Waals surface area (Å²) in [5, 5.41) is 0. The normalized spacial score (nSPS) is 14.2. The summed E-state index contributed by atoms with van der Waals surface area (Å²) in [6.07, 6.45) is 2.23. The summed E-state index contributed by atoms with van der Waals surface area (Å²) in [4.78, 5) is 0. The van der Waals surface area contributed by atoms with Gasteiger partial charge in [-0.2, -0.15) is 0 Å². The number of unbranched alkanes of at least 4 members (excludes halogenated alkanes) is 1. The van der Waals surface area contributed by atoms with Gasteiger partial charge in [0.05, 0.1) is 13.2 Å². The van der Waals surface area contributed by atoms with E-state index in [9.17, 15) is 0 Å². The van der Waals surface area contributed by atoms with E-state index in [0.717, 1.165) is 30.9 Å². The predicted octanol–water partition coefficient (Wildman–Crippen LogP) is 2.57. The van der Waals surface area contributed by atoms with Gasteiger partial charge in [-0.1, -0.05) is 25.5 Å². The van der Waals surface area contributed by atoms with Gasteiger partial charge in [0.1, 0.15) is 0 Å². The molecular weight excluding hydrogens is 220 g/mol. The van der Waals surface area contributed by atoms with Crippen molar-refractivity contribution in [3.05, 3.63) is 24.3 Å². The maximum absolute atomic E-state index is 5.43. The molecule has 0 unspecified atom stereocenters. The second-order valence-corrected chi connectivity index (χ2v) is 3.81. The average molecular weight is 238 g/mol. The van der Waals surface area contributed by atoms with Crippen LogP contribution in [-0.4, -0.2) is 26.3 Å². The first kappa shape index (κ1) is 12.2. The molecule has 4 heteroatoms. The Morgan fingerprint density at radius 2 is 1.76 bits per heavy atom. The van der Waals surface area contributed by atoms with Crippen molar-refractivity contribution in [2.75, 3.05) is 19.8 Å². The molecule has 1 aliphatic heterocycles. The van der Waals surface area contributed by atoms with E-state index in [1.807, 2.05) is 24.3 Å². The van der Waals surface area contributed by atoms with Gasteiger partial charge in [-0.3, -0.25) is 0 Å². The molecule has 2 rings (SSSR count). The van der Waals surface area contributed by atoms with Crippen LogP contribution < -0.4 is 9.47 Å². The zero-order valence-electron chi connectivity index (χ0n) is 10.1. The first-order chi connectivity index (χ1) is 8.40. The minimum atomic E-state index is -0.637. The van der Waals surface area contributed by atoms with Crippen molar-refractivity contribution < 1.29 is 18.9 Å². The fraction of sp³-hybridized carbons (Fsp3) is 0.538. The van der Waals surface area contributed by atoms with E-state index in [2.05, 4.69) is 6.92 Å². The zero-order valence-corrected chi connectivity index (χ0v) is 10.1. The van der Waals surface area contributed by atoms with E-state index < -0.39 is 6.48 Å². The Morgan fingerprint density at radius 3 is 2.41 bits per heavy atom. The molecule has 1 aliphatic rings. The van der Waals surface area contributed by atoms with Crippen LogP contribution >= 0.6 is 0 Å². The molecule has 0 saturated heterocycles. The summed E-state index contributed by atoms with van der Waals surface area (Å²) in [6.45, 7) is 3.33. The molecular formula is C13H18O4. The molecule has 17 heavy (non-hydrogen) atoms. The number of para-hydroxylation sites is 2. The molecule has 0 bridgehead atoms.